The van der Waals surface area contributed by atoms with Crippen LogP contribution in [0.2, 0.25) is 0 Å². The summed E-state index contributed by atoms with van der Waals surface area (Å²) in [7, 11) is 1.67. The number of carbonyl (C=O) groups is 1. The summed E-state index contributed by atoms with van der Waals surface area (Å²) in [6, 6.07) is 9.45. The third kappa shape index (κ3) is 2.94. The molecule has 0 radical (unpaired) electrons. The molecule has 1 aliphatic heterocycles. The largest absolute Gasteiger partial charge is 0.496 e. The smallest absolute Gasteiger partial charge is 0.258 e. The van der Waals surface area contributed by atoms with Gasteiger partial charge in [-0.05, 0) is 43.5 Å². The molecule has 6 nitrogen and oxygen atoms in total. The molecular formula is C20H20N4O2. The number of hydrogen-bond acceptors (Lipinski definition) is 4. The average Bonchev–Trinajstić information content (AvgIpc) is 3.14. The Bertz CT molecular complexity index is 921. The van der Waals surface area contributed by atoms with E-state index in [4.69, 9.17) is 4.74 Å². The molecule has 0 saturated carbocycles. The summed E-state index contributed by atoms with van der Waals surface area (Å²) in [5.74, 6) is 1.50. The molecule has 3 heterocycles. The van der Waals surface area contributed by atoms with Crippen molar-refractivity contribution in [2.75, 3.05) is 18.6 Å². The molecule has 132 valence electrons. The van der Waals surface area contributed by atoms with Crippen molar-refractivity contribution in [3.63, 3.8) is 0 Å². The Labute approximate surface area is 152 Å². The van der Waals surface area contributed by atoms with Crippen molar-refractivity contribution in [3.05, 3.63) is 66.4 Å². The summed E-state index contributed by atoms with van der Waals surface area (Å²) in [6.07, 6.45) is 9.74. The van der Waals surface area contributed by atoms with Crippen LogP contribution in [-0.2, 0) is 6.42 Å². The summed E-state index contributed by atoms with van der Waals surface area (Å²) in [4.78, 5) is 23.5. The third-order valence-corrected chi connectivity index (χ3v) is 4.68. The van der Waals surface area contributed by atoms with Crippen LogP contribution < -0.4 is 9.64 Å². The number of ether oxygens (including phenoxy) is 1. The highest BCUT2D eigenvalue weighted by molar-refractivity contribution is 6.07. The number of aromatic nitrogens is 3. The number of carbonyl (C=O) groups excluding carboxylic acids is 1. The zero-order valence-electron chi connectivity index (χ0n) is 14.6. The monoisotopic (exact) mass is 348 g/mol. The van der Waals surface area contributed by atoms with Crippen molar-refractivity contribution in [2.45, 2.75) is 19.3 Å². The second-order valence-electron chi connectivity index (χ2n) is 6.24. The van der Waals surface area contributed by atoms with E-state index < -0.39 is 0 Å². The Morgan fingerprint density at radius 2 is 2.12 bits per heavy atom. The number of anilines is 1. The fourth-order valence-electron chi connectivity index (χ4n) is 3.40. The Kier molecular flexibility index (Phi) is 4.39. The van der Waals surface area contributed by atoms with Crippen molar-refractivity contribution in [3.8, 4) is 11.6 Å². The molecule has 0 spiro atoms. The highest BCUT2D eigenvalue weighted by Crippen LogP contribution is 2.34. The number of hydrogen-bond donors (Lipinski definition) is 0. The summed E-state index contributed by atoms with van der Waals surface area (Å²) in [5, 5.41) is 0. The van der Waals surface area contributed by atoms with E-state index in [9.17, 15) is 4.79 Å². The lowest BCUT2D eigenvalue weighted by Crippen LogP contribution is -2.32. The van der Waals surface area contributed by atoms with Gasteiger partial charge in [0.1, 0.15) is 17.9 Å². The van der Waals surface area contributed by atoms with E-state index in [1.807, 2.05) is 29.3 Å². The van der Waals surface area contributed by atoms with Gasteiger partial charge in [0.2, 0.25) is 0 Å². The van der Waals surface area contributed by atoms with Crippen LogP contribution in [0.15, 0.2) is 55.2 Å². The lowest BCUT2D eigenvalue weighted by Gasteiger charge is -2.24. The highest BCUT2D eigenvalue weighted by atomic mass is 16.5. The maximum atomic E-state index is 13.3. The molecule has 2 aromatic heterocycles. The Morgan fingerprint density at radius 1 is 1.19 bits per heavy atom. The van der Waals surface area contributed by atoms with Crippen LogP contribution in [-0.4, -0.2) is 34.1 Å². The molecule has 0 bridgehead atoms. The average molecular weight is 348 g/mol. The van der Waals surface area contributed by atoms with Crippen LogP contribution in [0.3, 0.4) is 0 Å². The van der Waals surface area contributed by atoms with Crippen molar-refractivity contribution in [2.24, 2.45) is 0 Å². The highest BCUT2D eigenvalue weighted by Gasteiger charge is 2.24. The molecule has 0 saturated heterocycles. The fourth-order valence-corrected chi connectivity index (χ4v) is 3.40. The van der Waals surface area contributed by atoms with Crippen LogP contribution in [0, 0.1) is 0 Å². The van der Waals surface area contributed by atoms with Crippen LogP contribution in [0.4, 0.5) is 5.69 Å². The van der Waals surface area contributed by atoms with E-state index in [-0.39, 0.29) is 5.91 Å². The Morgan fingerprint density at radius 3 is 2.92 bits per heavy atom. The van der Waals surface area contributed by atoms with Gasteiger partial charge in [-0.25, -0.2) is 9.97 Å². The van der Waals surface area contributed by atoms with Crippen molar-refractivity contribution < 1.29 is 9.53 Å². The molecule has 1 aliphatic rings. The minimum absolute atomic E-state index is 0.0230. The molecule has 0 unspecified atom stereocenters. The number of imidazole rings is 1. The third-order valence-electron chi connectivity index (χ3n) is 4.68. The molecule has 6 heteroatoms. The predicted octanol–water partition coefficient (Wildman–Crippen LogP) is 3.26. The van der Waals surface area contributed by atoms with Crippen LogP contribution in [0.5, 0.6) is 5.75 Å². The van der Waals surface area contributed by atoms with Gasteiger partial charge in [-0.1, -0.05) is 6.07 Å². The Balaban J connectivity index is 1.72. The van der Waals surface area contributed by atoms with Crippen LogP contribution in [0.1, 0.15) is 28.8 Å². The van der Waals surface area contributed by atoms with E-state index in [0.29, 0.717) is 17.9 Å². The first-order valence-corrected chi connectivity index (χ1v) is 8.70. The van der Waals surface area contributed by atoms with Gasteiger partial charge in [0.05, 0.1) is 12.8 Å². The van der Waals surface area contributed by atoms with Crippen LogP contribution in [0.25, 0.3) is 5.82 Å². The second-order valence-corrected chi connectivity index (χ2v) is 6.24. The van der Waals surface area contributed by atoms with Gasteiger partial charge < -0.3 is 9.64 Å². The molecule has 0 N–H and O–H groups in total. The number of methoxy groups -OCH3 is 1. The Hall–Kier alpha value is -3.15. The molecule has 0 aliphatic carbocycles. The first-order chi connectivity index (χ1) is 12.8. The molecule has 1 amide bonds. The maximum Gasteiger partial charge on any atom is 0.258 e. The van der Waals surface area contributed by atoms with E-state index in [1.165, 1.54) is 0 Å². The summed E-state index contributed by atoms with van der Waals surface area (Å²) in [6.45, 7) is 0.696. The van der Waals surface area contributed by atoms with Gasteiger partial charge in [-0.3, -0.25) is 9.36 Å². The summed E-state index contributed by atoms with van der Waals surface area (Å²) < 4.78 is 7.30. The van der Waals surface area contributed by atoms with Crippen molar-refractivity contribution in [1.29, 1.82) is 0 Å². The van der Waals surface area contributed by atoms with Gasteiger partial charge in [0, 0.05) is 36.3 Å². The molecule has 4 rings (SSSR count). The lowest BCUT2D eigenvalue weighted by molar-refractivity contribution is 0.0987. The first-order valence-electron chi connectivity index (χ1n) is 8.70. The lowest BCUT2D eigenvalue weighted by atomic mass is 10.1. The van der Waals surface area contributed by atoms with E-state index in [0.717, 1.165) is 36.3 Å². The number of nitrogens with zero attached hydrogens (tertiary/aromatic N) is 4. The van der Waals surface area contributed by atoms with Gasteiger partial charge in [-0.2, -0.15) is 0 Å². The number of amides is 1. The molecule has 26 heavy (non-hydrogen) atoms. The summed E-state index contributed by atoms with van der Waals surface area (Å²) >= 11 is 0. The standard InChI is InChI=1S/C20H20N4O2/c1-26-18-7-4-6-17-16(18)5-2-3-11-24(17)20(25)15-8-9-22-19(13-15)23-12-10-21-14-23/h4,6-10,12-14H,2-3,5,11H2,1H3. The van der Waals surface area contributed by atoms with E-state index in [1.54, 1.807) is 42.5 Å². The summed E-state index contributed by atoms with van der Waals surface area (Å²) in [5.41, 5.74) is 2.65. The minimum Gasteiger partial charge on any atom is -0.496 e. The number of fused-ring (bicyclic) bond motifs is 1. The minimum atomic E-state index is -0.0230. The van der Waals surface area contributed by atoms with Gasteiger partial charge in [-0.15, -0.1) is 0 Å². The van der Waals surface area contributed by atoms with Crippen molar-refractivity contribution in [1.82, 2.24) is 14.5 Å². The number of benzene rings is 1. The van der Waals surface area contributed by atoms with Crippen molar-refractivity contribution >= 4 is 11.6 Å². The van der Waals surface area contributed by atoms with E-state index >= 15 is 0 Å². The zero-order chi connectivity index (χ0) is 17.9. The SMILES string of the molecule is COc1cccc2c1CCCCN2C(=O)c1ccnc(-n2ccnc2)c1. The molecule has 0 fully saturated rings. The normalized spacial score (nSPS) is 13.8. The van der Waals surface area contributed by atoms with E-state index in [2.05, 4.69) is 9.97 Å². The van der Waals surface area contributed by atoms with Gasteiger partial charge in [0.25, 0.3) is 5.91 Å². The van der Waals surface area contributed by atoms with Gasteiger partial charge in [0.15, 0.2) is 0 Å². The molecule has 3 aromatic rings. The van der Waals surface area contributed by atoms with Crippen LogP contribution >= 0.6 is 0 Å². The fraction of sp³-hybridized carbons (Fsp3) is 0.250. The van der Waals surface area contributed by atoms with Gasteiger partial charge >= 0.3 is 0 Å². The molecular weight excluding hydrogens is 328 g/mol. The second kappa shape index (κ2) is 7.00. The number of pyridine rings is 1. The topological polar surface area (TPSA) is 60.2 Å². The zero-order valence-corrected chi connectivity index (χ0v) is 14.6. The maximum absolute atomic E-state index is 13.3. The quantitative estimate of drug-likeness (QED) is 0.729. The first kappa shape index (κ1) is 16.3. The number of rotatable bonds is 3. The predicted molar refractivity (Wildman–Crippen MR) is 99.0 cm³/mol. The molecule has 1 aromatic carbocycles. The molecule has 0 atom stereocenters.